The van der Waals surface area contributed by atoms with Crippen LogP contribution in [0.4, 0.5) is 13.2 Å². The maximum Gasteiger partial charge on any atom is 0.401 e. The lowest BCUT2D eigenvalue weighted by molar-refractivity contribution is -0.146. The Hall–Kier alpha value is -1.00. The van der Waals surface area contributed by atoms with Gasteiger partial charge in [0, 0.05) is 50.6 Å². The molecule has 10 heteroatoms. The highest BCUT2D eigenvalue weighted by molar-refractivity contribution is 8.00. The van der Waals surface area contributed by atoms with E-state index in [1.54, 1.807) is 37.1 Å². The summed E-state index contributed by atoms with van der Waals surface area (Å²) < 4.78 is 39.0. The smallest absolute Gasteiger partial charge is 0.356 e. The molecule has 0 radical (unpaired) electrons. The first kappa shape index (κ1) is 22.3. The van der Waals surface area contributed by atoms with Crippen molar-refractivity contribution in [1.29, 1.82) is 0 Å². The van der Waals surface area contributed by atoms with Gasteiger partial charge in [0.1, 0.15) is 4.34 Å². The molecule has 0 spiro atoms. The van der Waals surface area contributed by atoms with Crippen LogP contribution in [0, 0.1) is 5.92 Å². The van der Waals surface area contributed by atoms with Gasteiger partial charge in [0.25, 0.3) is 0 Å². The lowest BCUT2D eigenvalue weighted by Gasteiger charge is -2.26. The summed E-state index contributed by atoms with van der Waals surface area (Å²) in [6.45, 7) is 4.26. The summed E-state index contributed by atoms with van der Waals surface area (Å²) in [5.74, 6) is 2.07. The summed E-state index contributed by atoms with van der Waals surface area (Å²) in [5, 5.41) is 5.34. The molecular formula is C17H28F3N5S2. The molecule has 27 heavy (non-hydrogen) atoms. The van der Waals surface area contributed by atoms with E-state index < -0.39 is 12.7 Å². The topological polar surface area (TPSA) is 43.8 Å². The monoisotopic (exact) mass is 423 g/mol. The van der Waals surface area contributed by atoms with Gasteiger partial charge in [-0.3, -0.25) is 9.89 Å². The van der Waals surface area contributed by atoms with Crippen molar-refractivity contribution in [2.75, 3.05) is 52.1 Å². The van der Waals surface area contributed by atoms with Crippen molar-refractivity contribution < 1.29 is 13.2 Å². The highest BCUT2D eigenvalue weighted by Crippen LogP contribution is 2.22. The van der Waals surface area contributed by atoms with Crippen molar-refractivity contribution in [1.82, 2.24) is 20.1 Å². The zero-order valence-electron chi connectivity index (χ0n) is 15.8. The van der Waals surface area contributed by atoms with Gasteiger partial charge >= 0.3 is 6.18 Å². The molecule has 154 valence electrons. The van der Waals surface area contributed by atoms with Crippen LogP contribution in [0.3, 0.4) is 0 Å². The van der Waals surface area contributed by atoms with Crippen LogP contribution in [0.5, 0.6) is 0 Å². The largest absolute Gasteiger partial charge is 0.401 e. The predicted molar refractivity (Wildman–Crippen MR) is 107 cm³/mol. The van der Waals surface area contributed by atoms with Crippen LogP contribution in [0.2, 0.25) is 0 Å². The van der Waals surface area contributed by atoms with Gasteiger partial charge in [-0.1, -0.05) is 18.7 Å². The van der Waals surface area contributed by atoms with Crippen LogP contribution < -0.4 is 5.32 Å². The summed E-state index contributed by atoms with van der Waals surface area (Å²) in [6.07, 6.45) is -0.432. The maximum absolute atomic E-state index is 12.6. The minimum atomic E-state index is -4.14. The minimum absolute atomic E-state index is 0.242. The summed E-state index contributed by atoms with van der Waals surface area (Å²) in [5.41, 5.74) is 0. The van der Waals surface area contributed by atoms with Gasteiger partial charge in [0.2, 0.25) is 0 Å². The number of hydrogen-bond donors (Lipinski definition) is 1. The molecule has 1 N–H and O–H groups in total. The third-order valence-electron chi connectivity index (χ3n) is 4.40. The van der Waals surface area contributed by atoms with E-state index >= 15 is 0 Å². The van der Waals surface area contributed by atoms with Gasteiger partial charge in [-0.15, -0.1) is 11.3 Å². The first-order valence-electron chi connectivity index (χ1n) is 9.18. The lowest BCUT2D eigenvalue weighted by Crippen LogP contribution is -2.42. The minimum Gasteiger partial charge on any atom is -0.356 e. The van der Waals surface area contributed by atoms with Crippen molar-refractivity contribution in [2.45, 2.75) is 30.3 Å². The molecule has 1 aliphatic rings. The Morgan fingerprint density at radius 3 is 2.96 bits per heavy atom. The van der Waals surface area contributed by atoms with E-state index in [0.29, 0.717) is 13.1 Å². The molecule has 1 fully saturated rings. The second-order valence-corrected chi connectivity index (χ2v) is 8.75. The number of aliphatic imine (C=N–C) groups is 1. The summed E-state index contributed by atoms with van der Waals surface area (Å²) >= 11 is 3.40. The Bertz CT molecular complexity index is 565. The quantitative estimate of drug-likeness (QED) is 0.285. The second kappa shape index (κ2) is 11.1. The molecule has 2 heterocycles. The van der Waals surface area contributed by atoms with Crippen molar-refractivity contribution in [2.24, 2.45) is 10.9 Å². The van der Waals surface area contributed by atoms with Gasteiger partial charge in [0.15, 0.2) is 5.96 Å². The van der Waals surface area contributed by atoms with Crippen LogP contribution in [-0.2, 0) is 0 Å². The third-order valence-corrected chi connectivity index (χ3v) is 6.46. The SMILES string of the molecule is CCN(CC1CCN(C(=NC)NCCCSc2nccs2)C1)CC(F)(F)F. The molecule has 1 unspecified atom stereocenters. The average Bonchev–Trinajstić information content (AvgIpc) is 3.28. The highest BCUT2D eigenvalue weighted by Gasteiger charge is 2.32. The van der Waals surface area contributed by atoms with E-state index in [-0.39, 0.29) is 5.92 Å². The Labute approximate surface area is 167 Å². The van der Waals surface area contributed by atoms with E-state index in [1.165, 1.54) is 4.90 Å². The number of aromatic nitrogens is 1. The normalized spacial score (nSPS) is 18.5. The standard InChI is InChI=1S/C17H28F3N5S2/c1-3-24(13-17(18,19)20)11-14-5-8-25(12-14)15(21-2)22-6-4-9-26-16-23-7-10-27-16/h7,10,14H,3-6,8-9,11-13H2,1-2H3,(H,21,22). The lowest BCUT2D eigenvalue weighted by atomic mass is 10.1. The molecule has 1 atom stereocenters. The fourth-order valence-electron chi connectivity index (χ4n) is 3.14. The van der Waals surface area contributed by atoms with Gasteiger partial charge < -0.3 is 10.2 Å². The number of guanidine groups is 1. The number of nitrogens with one attached hydrogen (secondary N) is 1. The second-order valence-electron chi connectivity index (χ2n) is 6.52. The van der Waals surface area contributed by atoms with Crippen LogP contribution in [0.15, 0.2) is 20.9 Å². The number of rotatable bonds is 9. The molecule has 0 saturated carbocycles. The van der Waals surface area contributed by atoms with E-state index in [9.17, 15) is 13.2 Å². The number of halogens is 3. The number of likely N-dealkylation sites (tertiary alicyclic amines) is 1. The number of hydrogen-bond acceptors (Lipinski definition) is 5. The van der Waals surface area contributed by atoms with E-state index in [0.717, 1.165) is 48.5 Å². The van der Waals surface area contributed by atoms with Gasteiger partial charge in [-0.05, 0) is 25.3 Å². The number of nitrogens with zero attached hydrogens (tertiary/aromatic N) is 4. The van der Waals surface area contributed by atoms with Gasteiger partial charge in [-0.25, -0.2) is 4.98 Å². The molecular weight excluding hydrogens is 395 g/mol. The molecule has 2 rings (SSSR count). The molecule has 1 aliphatic heterocycles. The van der Waals surface area contributed by atoms with Crippen LogP contribution >= 0.6 is 23.1 Å². The summed E-state index contributed by atoms with van der Waals surface area (Å²) in [4.78, 5) is 12.2. The average molecular weight is 424 g/mol. The van der Waals surface area contributed by atoms with Crippen molar-refractivity contribution in [3.8, 4) is 0 Å². The third kappa shape index (κ3) is 8.27. The van der Waals surface area contributed by atoms with E-state index in [4.69, 9.17) is 0 Å². The van der Waals surface area contributed by atoms with E-state index in [1.807, 2.05) is 11.6 Å². The van der Waals surface area contributed by atoms with Crippen molar-refractivity contribution in [3.63, 3.8) is 0 Å². The Kier molecular flexibility index (Phi) is 9.17. The van der Waals surface area contributed by atoms with Crippen molar-refractivity contribution in [3.05, 3.63) is 11.6 Å². The highest BCUT2D eigenvalue weighted by atomic mass is 32.2. The number of thioether (sulfide) groups is 1. The molecule has 1 saturated heterocycles. The van der Waals surface area contributed by atoms with Crippen molar-refractivity contribution >= 4 is 29.1 Å². The van der Waals surface area contributed by atoms with Crippen LogP contribution in [0.1, 0.15) is 19.8 Å². The van der Waals surface area contributed by atoms with Gasteiger partial charge in [-0.2, -0.15) is 13.2 Å². The fraction of sp³-hybridized carbons (Fsp3) is 0.765. The molecule has 0 aromatic carbocycles. The number of thiazole rings is 1. The first-order chi connectivity index (χ1) is 12.9. The molecule has 0 bridgehead atoms. The number of alkyl halides is 3. The zero-order chi connectivity index (χ0) is 19.7. The Morgan fingerprint density at radius 2 is 2.33 bits per heavy atom. The summed E-state index contributed by atoms with van der Waals surface area (Å²) in [6, 6.07) is 0. The Balaban J connectivity index is 1.68. The molecule has 0 aliphatic carbocycles. The zero-order valence-corrected chi connectivity index (χ0v) is 17.5. The summed E-state index contributed by atoms with van der Waals surface area (Å²) in [7, 11) is 1.75. The Morgan fingerprint density at radius 1 is 1.52 bits per heavy atom. The first-order valence-corrected chi connectivity index (χ1v) is 11.0. The maximum atomic E-state index is 12.6. The van der Waals surface area contributed by atoms with Crippen LogP contribution in [0.25, 0.3) is 0 Å². The van der Waals surface area contributed by atoms with E-state index in [2.05, 4.69) is 20.2 Å². The molecule has 1 aromatic heterocycles. The fourth-order valence-corrected chi connectivity index (χ4v) is 4.79. The molecule has 5 nitrogen and oxygen atoms in total. The molecule has 0 amide bonds. The van der Waals surface area contributed by atoms with Gasteiger partial charge in [0.05, 0.1) is 6.54 Å². The molecule has 1 aromatic rings. The predicted octanol–water partition coefficient (Wildman–Crippen LogP) is 3.41. The van der Waals surface area contributed by atoms with Crippen LogP contribution in [-0.4, -0.2) is 79.0 Å².